The van der Waals surface area contributed by atoms with Crippen LogP contribution < -0.4 is 14.8 Å². The number of rotatable bonds is 6. The van der Waals surface area contributed by atoms with E-state index in [0.29, 0.717) is 35.1 Å². The molecule has 2 aromatic rings. The van der Waals surface area contributed by atoms with Crippen LogP contribution in [0.4, 0.5) is 4.79 Å². The monoisotopic (exact) mass is 498 g/mol. The minimum absolute atomic E-state index is 0.0295. The third-order valence-electron chi connectivity index (χ3n) is 7.45. The highest BCUT2D eigenvalue weighted by Crippen LogP contribution is 2.46. The molecule has 1 saturated heterocycles. The quantitative estimate of drug-likeness (QED) is 0.597. The molecule has 35 heavy (non-hydrogen) atoms. The molecule has 0 bridgehead atoms. The molecule has 1 aliphatic heterocycles. The number of sulfonamides is 1. The number of carbonyl (C=O) groups excluding carboxylic acids is 2. The third kappa shape index (κ3) is 4.16. The van der Waals surface area contributed by atoms with E-state index in [1.54, 1.807) is 19.2 Å². The van der Waals surface area contributed by atoms with E-state index in [9.17, 15) is 18.0 Å². The zero-order valence-electron chi connectivity index (χ0n) is 20.0. The fourth-order valence-corrected chi connectivity index (χ4v) is 6.84. The summed E-state index contributed by atoms with van der Waals surface area (Å²) in [6, 6.07) is 11.0. The first-order valence-corrected chi connectivity index (χ1v) is 13.5. The van der Waals surface area contributed by atoms with Gasteiger partial charge in [0.15, 0.2) is 11.5 Å². The first kappa shape index (κ1) is 23.7. The largest absolute Gasteiger partial charge is 0.493 e. The molecule has 2 saturated carbocycles. The Kier molecular flexibility index (Phi) is 5.99. The van der Waals surface area contributed by atoms with Gasteiger partial charge in [0.25, 0.3) is 15.9 Å². The van der Waals surface area contributed by atoms with Gasteiger partial charge in [-0.15, -0.1) is 4.31 Å². The van der Waals surface area contributed by atoms with Crippen LogP contribution >= 0.6 is 0 Å². The summed E-state index contributed by atoms with van der Waals surface area (Å²) in [5, 5.41) is 2.71. The predicted molar refractivity (Wildman–Crippen MR) is 129 cm³/mol. The normalized spacial score (nSPS) is 24.9. The van der Waals surface area contributed by atoms with Gasteiger partial charge in [0.1, 0.15) is 5.54 Å². The lowest BCUT2D eigenvalue weighted by Gasteiger charge is -2.22. The molecule has 0 aromatic heterocycles. The number of imide groups is 1. The van der Waals surface area contributed by atoms with Crippen molar-refractivity contribution in [1.29, 1.82) is 0 Å². The zero-order valence-corrected chi connectivity index (χ0v) is 20.8. The third-order valence-corrected chi connectivity index (χ3v) is 9.13. The number of nitrogens with one attached hydrogen (secondary N) is 1. The molecule has 1 spiro atoms. The minimum Gasteiger partial charge on any atom is -0.493 e. The summed E-state index contributed by atoms with van der Waals surface area (Å²) in [5.74, 6) is 0.608. The number of hydrogen-bond donors (Lipinski definition) is 1. The number of nitrogens with zero attached hydrogens (tertiary/aromatic N) is 1. The van der Waals surface area contributed by atoms with Gasteiger partial charge in [-0.25, -0.2) is 13.2 Å². The van der Waals surface area contributed by atoms with E-state index in [0.717, 1.165) is 36.8 Å². The number of carbonyl (C=O) groups is 2. The van der Waals surface area contributed by atoms with Crippen molar-refractivity contribution < 1.29 is 27.5 Å². The Labute approximate surface area is 205 Å². The molecule has 0 radical (unpaired) electrons. The van der Waals surface area contributed by atoms with Crippen LogP contribution in [-0.2, 0) is 14.8 Å². The molecule has 2 atom stereocenters. The van der Waals surface area contributed by atoms with Gasteiger partial charge in [-0.1, -0.05) is 23.8 Å². The Balaban J connectivity index is 1.38. The van der Waals surface area contributed by atoms with Gasteiger partial charge in [-0.05, 0) is 87.6 Å². The second-order valence-electron chi connectivity index (χ2n) is 9.77. The molecule has 5 rings (SSSR count). The molecule has 9 heteroatoms. The predicted octanol–water partition coefficient (Wildman–Crippen LogP) is 4.27. The Morgan fingerprint density at radius 2 is 1.71 bits per heavy atom. The standard InChI is InChI=1S/C26H30N2O6S/c1-17-7-10-21(11-8-17)35(31,32)28-24(29)26(27-25(28)30)14-13-19(16-26)18-9-12-22(33-2)23(15-18)34-20-5-3-4-6-20/h7-12,15,19-20H,3-6,13-14,16H2,1-2H3,(H,27,30). The summed E-state index contributed by atoms with van der Waals surface area (Å²) >= 11 is 0. The molecule has 1 N–H and O–H groups in total. The highest BCUT2D eigenvalue weighted by molar-refractivity contribution is 7.90. The molecular weight excluding hydrogens is 468 g/mol. The lowest BCUT2D eigenvalue weighted by molar-refractivity contribution is -0.127. The number of hydrogen-bond acceptors (Lipinski definition) is 6. The summed E-state index contributed by atoms with van der Waals surface area (Å²) < 4.78 is 38.4. The number of ether oxygens (including phenoxy) is 2. The van der Waals surface area contributed by atoms with E-state index >= 15 is 0 Å². The first-order chi connectivity index (χ1) is 16.7. The molecule has 2 aliphatic carbocycles. The van der Waals surface area contributed by atoms with E-state index in [4.69, 9.17) is 9.47 Å². The summed E-state index contributed by atoms with van der Waals surface area (Å²) in [6.45, 7) is 1.83. The molecule has 186 valence electrons. The second-order valence-corrected chi connectivity index (χ2v) is 11.6. The highest BCUT2D eigenvalue weighted by Gasteiger charge is 2.58. The summed E-state index contributed by atoms with van der Waals surface area (Å²) in [6.07, 6.45) is 5.85. The smallest absolute Gasteiger partial charge is 0.339 e. The van der Waals surface area contributed by atoms with Crippen LogP contribution in [0.3, 0.4) is 0 Å². The van der Waals surface area contributed by atoms with E-state index in [2.05, 4.69) is 5.32 Å². The van der Waals surface area contributed by atoms with Crippen molar-refractivity contribution in [1.82, 2.24) is 9.62 Å². The SMILES string of the molecule is COc1ccc(C2CCC3(C2)NC(=O)N(S(=O)(=O)c2ccc(C)cc2)C3=O)cc1OC1CCCC1. The topological polar surface area (TPSA) is 102 Å². The van der Waals surface area contributed by atoms with Gasteiger partial charge >= 0.3 is 6.03 Å². The lowest BCUT2D eigenvalue weighted by Crippen LogP contribution is -2.45. The Morgan fingerprint density at radius 1 is 1.00 bits per heavy atom. The van der Waals surface area contributed by atoms with Crippen molar-refractivity contribution in [2.75, 3.05) is 7.11 Å². The fourth-order valence-electron chi connectivity index (χ4n) is 5.49. The number of benzene rings is 2. The average molecular weight is 499 g/mol. The minimum atomic E-state index is -4.29. The molecule has 3 aliphatic rings. The molecule has 2 unspecified atom stereocenters. The highest BCUT2D eigenvalue weighted by atomic mass is 32.2. The Hall–Kier alpha value is -3.07. The molecular formula is C26H30N2O6S. The van der Waals surface area contributed by atoms with Crippen molar-refractivity contribution >= 4 is 22.0 Å². The first-order valence-electron chi connectivity index (χ1n) is 12.1. The number of urea groups is 1. The Bertz CT molecular complexity index is 1250. The number of amides is 3. The van der Waals surface area contributed by atoms with Crippen LogP contribution in [0.15, 0.2) is 47.4 Å². The van der Waals surface area contributed by atoms with Gasteiger partial charge in [0.05, 0.1) is 18.1 Å². The van der Waals surface area contributed by atoms with Crippen molar-refractivity contribution in [2.24, 2.45) is 0 Å². The van der Waals surface area contributed by atoms with Crippen molar-refractivity contribution in [3.05, 3.63) is 53.6 Å². The van der Waals surface area contributed by atoms with E-state index in [-0.39, 0.29) is 16.9 Å². The fraction of sp³-hybridized carbons (Fsp3) is 0.462. The van der Waals surface area contributed by atoms with Crippen LogP contribution in [-0.4, -0.2) is 43.4 Å². The van der Waals surface area contributed by atoms with E-state index < -0.39 is 27.5 Å². The number of methoxy groups -OCH3 is 1. The maximum absolute atomic E-state index is 13.4. The molecule has 3 fully saturated rings. The van der Waals surface area contributed by atoms with Crippen LogP contribution in [0.25, 0.3) is 0 Å². The second kappa shape index (κ2) is 8.86. The zero-order chi connectivity index (χ0) is 24.8. The average Bonchev–Trinajstić information content (AvgIpc) is 3.55. The van der Waals surface area contributed by atoms with Crippen LogP contribution in [0.2, 0.25) is 0 Å². The van der Waals surface area contributed by atoms with Gasteiger partial charge in [-0.3, -0.25) is 4.79 Å². The van der Waals surface area contributed by atoms with E-state index in [1.165, 1.54) is 12.1 Å². The van der Waals surface area contributed by atoms with Crippen molar-refractivity contribution in [3.63, 3.8) is 0 Å². The van der Waals surface area contributed by atoms with Crippen LogP contribution in [0.1, 0.15) is 62.0 Å². The number of aryl methyl sites for hydroxylation is 1. The van der Waals surface area contributed by atoms with Gasteiger partial charge in [-0.2, -0.15) is 0 Å². The molecule has 1 heterocycles. The summed E-state index contributed by atoms with van der Waals surface area (Å²) in [4.78, 5) is 26.1. The van der Waals surface area contributed by atoms with Gasteiger partial charge in [0.2, 0.25) is 0 Å². The van der Waals surface area contributed by atoms with E-state index in [1.807, 2.05) is 25.1 Å². The van der Waals surface area contributed by atoms with Gasteiger partial charge < -0.3 is 14.8 Å². The Morgan fingerprint density at radius 3 is 2.40 bits per heavy atom. The van der Waals surface area contributed by atoms with Gasteiger partial charge in [0, 0.05) is 0 Å². The van der Waals surface area contributed by atoms with Crippen molar-refractivity contribution in [3.8, 4) is 11.5 Å². The molecule has 8 nitrogen and oxygen atoms in total. The van der Waals surface area contributed by atoms with Crippen LogP contribution in [0, 0.1) is 6.92 Å². The molecule has 3 amide bonds. The summed E-state index contributed by atoms with van der Waals surface area (Å²) in [7, 11) is -2.69. The van der Waals surface area contributed by atoms with Crippen molar-refractivity contribution in [2.45, 2.75) is 74.3 Å². The molecule has 2 aromatic carbocycles. The van der Waals surface area contributed by atoms with Crippen LogP contribution in [0.5, 0.6) is 11.5 Å². The lowest BCUT2D eigenvalue weighted by atomic mass is 9.92. The summed E-state index contributed by atoms with van der Waals surface area (Å²) in [5.41, 5.74) is 0.635. The maximum atomic E-state index is 13.4. The maximum Gasteiger partial charge on any atom is 0.339 e.